The fraction of sp³-hybridized carbons (Fsp3) is 0.182. The number of hydrogen-bond acceptors (Lipinski definition) is 5. The van der Waals surface area contributed by atoms with Gasteiger partial charge in [-0.2, -0.15) is 0 Å². The molecule has 0 amide bonds. The molecule has 1 rings (SSSR count). The van der Waals surface area contributed by atoms with Crippen LogP contribution in [0.25, 0.3) is 0 Å². The first-order valence-corrected chi connectivity index (χ1v) is 5.73. The Morgan fingerprint density at radius 3 is 2.78 bits per heavy atom. The van der Waals surface area contributed by atoms with Gasteiger partial charge in [-0.25, -0.2) is 4.79 Å². The Morgan fingerprint density at radius 1 is 1.61 bits per heavy atom. The molecule has 18 heavy (non-hydrogen) atoms. The lowest BCUT2D eigenvalue weighted by atomic mass is 10.0. The summed E-state index contributed by atoms with van der Waals surface area (Å²) in [6, 6.07) is 5.41. The minimum Gasteiger partial charge on any atom is -0.466 e. The summed E-state index contributed by atoms with van der Waals surface area (Å²) in [6.45, 7) is 0. The topological polar surface area (TPSA) is 89.7 Å². The first-order valence-electron chi connectivity index (χ1n) is 4.82. The molecule has 0 aliphatic heterocycles. The number of benzene rings is 1. The molecule has 0 saturated carbocycles. The Labute approximate surface area is 111 Å². The second-order valence-corrected chi connectivity index (χ2v) is 3.77. The van der Waals surface area contributed by atoms with Crippen LogP contribution in [0.2, 0.25) is 0 Å². The summed E-state index contributed by atoms with van der Waals surface area (Å²) in [5.74, 6) is -0.717. The van der Waals surface area contributed by atoms with Crippen molar-refractivity contribution in [3.05, 3.63) is 50.5 Å². The van der Waals surface area contributed by atoms with Gasteiger partial charge >= 0.3 is 5.97 Å². The van der Waals surface area contributed by atoms with Gasteiger partial charge in [0.05, 0.1) is 17.6 Å². The van der Waals surface area contributed by atoms with Gasteiger partial charge < -0.3 is 9.84 Å². The van der Waals surface area contributed by atoms with Crippen LogP contribution in [0.3, 0.4) is 0 Å². The van der Waals surface area contributed by atoms with E-state index in [2.05, 4.69) is 20.7 Å². The quantitative estimate of drug-likeness (QED) is 0.397. The predicted molar refractivity (Wildman–Crippen MR) is 67.1 cm³/mol. The zero-order valence-electron chi connectivity index (χ0n) is 9.37. The Bertz CT molecular complexity index is 500. The third-order valence-corrected chi connectivity index (χ3v) is 2.72. The number of non-ortho nitro benzene ring substituents is 1. The predicted octanol–water partition coefficient (Wildman–Crippen LogP) is 2.08. The standard InChI is InChI=1S/C11H10BrNO5/c1-18-11(15)9(6-12)10(14)7-3-2-4-8(5-7)13(16)17/h2-6,10,14H,1H3/b9-6-. The molecule has 0 fully saturated rings. The number of esters is 1. The number of aliphatic hydroxyl groups is 1. The molecule has 1 unspecified atom stereocenters. The number of halogens is 1. The number of rotatable bonds is 4. The Hall–Kier alpha value is -1.73. The van der Waals surface area contributed by atoms with E-state index in [4.69, 9.17) is 0 Å². The van der Waals surface area contributed by atoms with Crippen LogP contribution in [-0.4, -0.2) is 23.1 Å². The monoisotopic (exact) mass is 315 g/mol. The molecule has 0 aliphatic carbocycles. The Balaban J connectivity index is 3.10. The van der Waals surface area contributed by atoms with Gasteiger partial charge in [0.2, 0.25) is 0 Å². The molecule has 1 aromatic rings. The zero-order valence-corrected chi connectivity index (χ0v) is 11.0. The van der Waals surface area contributed by atoms with Crippen molar-refractivity contribution in [2.45, 2.75) is 6.10 Å². The number of nitrogens with zero attached hydrogens (tertiary/aromatic N) is 1. The lowest BCUT2D eigenvalue weighted by molar-refractivity contribution is -0.385. The third kappa shape index (κ3) is 3.14. The van der Waals surface area contributed by atoms with Gasteiger partial charge in [0.1, 0.15) is 6.10 Å². The largest absolute Gasteiger partial charge is 0.466 e. The highest BCUT2D eigenvalue weighted by atomic mass is 79.9. The molecule has 0 aromatic heterocycles. The lowest BCUT2D eigenvalue weighted by Gasteiger charge is -2.12. The second-order valence-electron chi connectivity index (χ2n) is 3.31. The first kappa shape index (κ1) is 14.3. The van der Waals surface area contributed by atoms with Gasteiger partial charge in [0.15, 0.2) is 0 Å². The molecule has 96 valence electrons. The average Bonchev–Trinajstić information content (AvgIpc) is 2.39. The Kier molecular flexibility index (Phi) is 4.99. The van der Waals surface area contributed by atoms with Crippen LogP contribution in [0.5, 0.6) is 0 Å². The van der Waals surface area contributed by atoms with E-state index in [1.165, 1.54) is 36.4 Å². The highest BCUT2D eigenvalue weighted by Gasteiger charge is 2.22. The number of hydrogen-bond donors (Lipinski definition) is 1. The summed E-state index contributed by atoms with van der Waals surface area (Å²) >= 11 is 2.95. The second kappa shape index (κ2) is 6.27. The Morgan fingerprint density at radius 2 is 2.28 bits per heavy atom. The summed E-state index contributed by atoms with van der Waals surface area (Å²) in [6.07, 6.45) is -1.29. The molecule has 0 bridgehead atoms. The van der Waals surface area contributed by atoms with Crippen molar-refractivity contribution < 1.29 is 19.6 Å². The van der Waals surface area contributed by atoms with Crippen molar-refractivity contribution >= 4 is 27.6 Å². The highest BCUT2D eigenvalue weighted by molar-refractivity contribution is 9.11. The number of nitro groups is 1. The van der Waals surface area contributed by atoms with Gasteiger partial charge in [-0.05, 0) is 10.5 Å². The van der Waals surface area contributed by atoms with E-state index in [0.29, 0.717) is 0 Å². The van der Waals surface area contributed by atoms with Crippen LogP contribution < -0.4 is 0 Å². The van der Waals surface area contributed by atoms with Crippen LogP contribution in [0, 0.1) is 10.1 Å². The van der Waals surface area contributed by atoms with Gasteiger partial charge in [-0.1, -0.05) is 28.1 Å². The van der Waals surface area contributed by atoms with Crippen LogP contribution in [0.4, 0.5) is 5.69 Å². The van der Waals surface area contributed by atoms with Gasteiger partial charge in [0, 0.05) is 12.1 Å². The van der Waals surface area contributed by atoms with E-state index in [9.17, 15) is 20.0 Å². The number of ether oxygens (including phenoxy) is 1. The molecule has 0 saturated heterocycles. The van der Waals surface area contributed by atoms with Crippen molar-refractivity contribution in [3.63, 3.8) is 0 Å². The molecule has 1 atom stereocenters. The molecule has 0 aliphatic rings. The summed E-state index contributed by atoms with van der Waals surface area (Å²) < 4.78 is 4.49. The van der Waals surface area contributed by atoms with Crippen molar-refractivity contribution in [1.29, 1.82) is 0 Å². The molecular formula is C11H10BrNO5. The van der Waals surface area contributed by atoms with Gasteiger partial charge in [-0.15, -0.1) is 0 Å². The van der Waals surface area contributed by atoms with Crippen LogP contribution in [0.1, 0.15) is 11.7 Å². The maximum absolute atomic E-state index is 11.4. The summed E-state index contributed by atoms with van der Waals surface area (Å²) in [4.78, 5) is 22.6. The zero-order chi connectivity index (χ0) is 13.7. The van der Waals surface area contributed by atoms with E-state index in [0.717, 1.165) is 0 Å². The molecule has 6 nitrogen and oxygen atoms in total. The van der Waals surface area contributed by atoms with E-state index in [-0.39, 0.29) is 16.8 Å². The molecule has 0 heterocycles. The number of nitro benzene ring substituents is 1. The van der Waals surface area contributed by atoms with E-state index in [1.807, 2.05) is 0 Å². The number of aliphatic hydroxyl groups excluding tert-OH is 1. The van der Waals surface area contributed by atoms with Gasteiger partial charge in [0.25, 0.3) is 5.69 Å². The van der Waals surface area contributed by atoms with Crippen molar-refractivity contribution in [3.8, 4) is 0 Å². The fourth-order valence-corrected chi connectivity index (χ4v) is 1.76. The summed E-state index contributed by atoms with van der Waals surface area (Å²) in [7, 11) is 1.18. The lowest BCUT2D eigenvalue weighted by Crippen LogP contribution is -2.12. The normalized spacial score (nSPS) is 12.9. The van der Waals surface area contributed by atoms with Crippen LogP contribution in [0.15, 0.2) is 34.8 Å². The SMILES string of the molecule is COC(=O)/C(=C\Br)C(O)c1cccc([N+](=O)[O-])c1. The fourth-order valence-electron chi connectivity index (χ4n) is 1.32. The number of methoxy groups -OCH3 is 1. The molecule has 0 radical (unpaired) electrons. The van der Waals surface area contributed by atoms with Crippen LogP contribution >= 0.6 is 15.9 Å². The van der Waals surface area contributed by atoms with Crippen LogP contribution in [-0.2, 0) is 9.53 Å². The molecular weight excluding hydrogens is 306 g/mol. The minimum atomic E-state index is -1.29. The van der Waals surface area contributed by atoms with Crippen molar-refractivity contribution in [2.75, 3.05) is 7.11 Å². The van der Waals surface area contributed by atoms with E-state index < -0.39 is 17.0 Å². The van der Waals surface area contributed by atoms with Crippen molar-refractivity contribution in [2.24, 2.45) is 0 Å². The third-order valence-electron chi connectivity index (χ3n) is 2.23. The smallest absolute Gasteiger partial charge is 0.337 e. The minimum absolute atomic E-state index is 0.0435. The summed E-state index contributed by atoms with van der Waals surface area (Å²) in [5.41, 5.74) is 0.0311. The van der Waals surface area contributed by atoms with E-state index >= 15 is 0 Å². The van der Waals surface area contributed by atoms with Crippen molar-refractivity contribution in [1.82, 2.24) is 0 Å². The number of carbonyl (C=O) groups is 1. The number of carbonyl (C=O) groups excluding carboxylic acids is 1. The average molecular weight is 316 g/mol. The molecule has 1 N–H and O–H groups in total. The first-order chi connectivity index (χ1) is 8.51. The maximum Gasteiger partial charge on any atom is 0.337 e. The summed E-state index contributed by atoms with van der Waals surface area (Å²) in [5, 5.41) is 20.6. The molecule has 7 heteroatoms. The highest BCUT2D eigenvalue weighted by Crippen LogP contribution is 2.26. The molecule has 0 spiro atoms. The molecule has 1 aromatic carbocycles. The van der Waals surface area contributed by atoms with Gasteiger partial charge in [-0.3, -0.25) is 10.1 Å². The van der Waals surface area contributed by atoms with E-state index in [1.54, 1.807) is 0 Å². The maximum atomic E-state index is 11.4.